The van der Waals surface area contributed by atoms with Gasteiger partial charge in [0.2, 0.25) is 5.91 Å². The summed E-state index contributed by atoms with van der Waals surface area (Å²) in [5.41, 5.74) is 5.36. The molecule has 0 aromatic carbocycles. The zero-order chi connectivity index (χ0) is 12.0. The first-order valence-corrected chi connectivity index (χ1v) is 5.94. The van der Waals surface area contributed by atoms with Gasteiger partial charge in [-0.25, -0.2) is 0 Å². The van der Waals surface area contributed by atoms with Crippen LogP contribution in [0.2, 0.25) is 0 Å². The van der Waals surface area contributed by atoms with E-state index in [9.17, 15) is 4.79 Å². The second-order valence-corrected chi connectivity index (χ2v) is 4.23. The second kappa shape index (κ2) is 6.83. The van der Waals surface area contributed by atoms with E-state index in [1.807, 2.05) is 6.92 Å². The summed E-state index contributed by atoms with van der Waals surface area (Å²) in [5, 5.41) is 3.11. The molecule has 0 aromatic heterocycles. The summed E-state index contributed by atoms with van der Waals surface area (Å²) < 4.78 is 5.07. The average Bonchev–Trinajstić information content (AvgIpc) is 3.06. The predicted octanol–water partition coefficient (Wildman–Crippen LogP) is -0.439. The highest BCUT2D eigenvalue weighted by Gasteiger charge is 2.31. The average molecular weight is 229 g/mol. The minimum atomic E-state index is -0.273. The SMILES string of the molecule is CCNC(CN(CCOC)C1CC1)C(N)=O. The van der Waals surface area contributed by atoms with E-state index in [0.717, 1.165) is 13.1 Å². The van der Waals surface area contributed by atoms with Gasteiger partial charge in [-0.15, -0.1) is 0 Å². The number of rotatable bonds is 9. The number of primary amides is 1. The van der Waals surface area contributed by atoms with Crippen LogP contribution >= 0.6 is 0 Å². The molecule has 1 unspecified atom stereocenters. The van der Waals surface area contributed by atoms with Gasteiger partial charge in [0.05, 0.1) is 12.6 Å². The van der Waals surface area contributed by atoms with Crippen molar-refractivity contribution in [3.63, 3.8) is 0 Å². The number of amides is 1. The lowest BCUT2D eigenvalue weighted by Crippen LogP contribution is -2.50. The Bertz CT molecular complexity index is 219. The maximum absolute atomic E-state index is 11.2. The van der Waals surface area contributed by atoms with Crippen LogP contribution < -0.4 is 11.1 Å². The molecule has 1 fully saturated rings. The number of ether oxygens (including phenoxy) is 1. The fraction of sp³-hybridized carbons (Fsp3) is 0.909. The summed E-state index contributed by atoms with van der Waals surface area (Å²) in [7, 11) is 1.70. The summed E-state index contributed by atoms with van der Waals surface area (Å²) in [6.45, 7) is 5.00. The van der Waals surface area contributed by atoms with Crippen LogP contribution in [0.1, 0.15) is 19.8 Å². The van der Waals surface area contributed by atoms with Gasteiger partial charge in [-0.3, -0.25) is 9.69 Å². The molecule has 0 aromatic rings. The van der Waals surface area contributed by atoms with E-state index in [-0.39, 0.29) is 11.9 Å². The Hall–Kier alpha value is -0.650. The zero-order valence-corrected chi connectivity index (χ0v) is 10.2. The van der Waals surface area contributed by atoms with Crippen LogP contribution in [0.3, 0.4) is 0 Å². The van der Waals surface area contributed by atoms with Gasteiger partial charge >= 0.3 is 0 Å². The van der Waals surface area contributed by atoms with E-state index < -0.39 is 0 Å². The van der Waals surface area contributed by atoms with E-state index in [1.54, 1.807) is 7.11 Å². The molecule has 0 radical (unpaired) electrons. The largest absolute Gasteiger partial charge is 0.383 e. The van der Waals surface area contributed by atoms with E-state index in [2.05, 4.69) is 10.2 Å². The van der Waals surface area contributed by atoms with Crippen LogP contribution in [0.25, 0.3) is 0 Å². The summed E-state index contributed by atoms with van der Waals surface area (Å²) >= 11 is 0. The minimum Gasteiger partial charge on any atom is -0.383 e. The maximum atomic E-state index is 11.2. The molecule has 1 amide bonds. The molecule has 16 heavy (non-hydrogen) atoms. The van der Waals surface area contributed by atoms with Crippen molar-refractivity contribution >= 4 is 5.91 Å². The van der Waals surface area contributed by atoms with Crippen molar-refractivity contribution in [1.29, 1.82) is 0 Å². The highest BCUT2D eigenvalue weighted by atomic mass is 16.5. The summed E-state index contributed by atoms with van der Waals surface area (Å²) in [6.07, 6.45) is 2.45. The molecule has 1 aliphatic rings. The van der Waals surface area contributed by atoms with Crippen molar-refractivity contribution < 1.29 is 9.53 Å². The molecule has 1 saturated carbocycles. The molecule has 0 spiro atoms. The molecule has 0 heterocycles. The van der Waals surface area contributed by atoms with Crippen LogP contribution in [0.15, 0.2) is 0 Å². The standard InChI is InChI=1S/C11H23N3O2/c1-3-13-10(11(12)15)8-14(6-7-16-2)9-4-5-9/h9-10,13H,3-8H2,1-2H3,(H2,12,15). The quantitative estimate of drug-likeness (QED) is 0.562. The summed E-state index contributed by atoms with van der Waals surface area (Å²) in [5.74, 6) is -0.273. The third-order valence-corrected chi connectivity index (χ3v) is 2.86. The van der Waals surface area contributed by atoms with Gasteiger partial charge in [-0.2, -0.15) is 0 Å². The topological polar surface area (TPSA) is 67.6 Å². The molecule has 5 nitrogen and oxygen atoms in total. The summed E-state index contributed by atoms with van der Waals surface area (Å²) in [4.78, 5) is 13.5. The van der Waals surface area contributed by atoms with E-state index in [4.69, 9.17) is 10.5 Å². The Morgan fingerprint density at radius 2 is 2.31 bits per heavy atom. The molecule has 1 rings (SSSR count). The van der Waals surface area contributed by atoms with Crippen molar-refractivity contribution in [2.75, 3.05) is 33.4 Å². The van der Waals surface area contributed by atoms with Crippen molar-refractivity contribution in [2.45, 2.75) is 31.8 Å². The molecule has 94 valence electrons. The highest BCUT2D eigenvalue weighted by molar-refractivity contribution is 5.80. The van der Waals surface area contributed by atoms with E-state index in [0.29, 0.717) is 19.2 Å². The lowest BCUT2D eigenvalue weighted by atomic mass is 10.2. The van der Waals surface area contributed by atoms with Crippen molar-refractivity contribution in [2.24, 2.45) is 5.73 Å². The zero-order valence-electron chi connectivity index (χ0n) is 10.2. The highest BCUT2D eigenvalue weighted by Crippen LogP contribution is 2.26. The smallest absolute Gasteiger partial charge is 0.235 e. The van der Waals surface area contributed by atoms with Gasteiger partial charge in [0, 0.05) is 26.2 Å². The van der Waals surface area contributed by atoms with Gasteiger partial charge in [0.1, 0.15) is 0 Å². The van der Waals surface area contributed by atoms with E-state index in [1.165, 1.54) is 12.8 Å². The van der Waals surface area contributed by atoms with Crippen molar-refractivity contribution in [3.8, 4) is 0 Å². The molecule has 0 aliphatic heterocycles. The predicted molar refractivity (Wildman–Crippen MR) is 63.1 cm³/mol. The molecular formula is C11H23N3O2. The van der Waals surface area contributed by atoms with Crippen LogP contribution in [0.5, 0.6) is 0 Å². The molecule has 0 bridgehead atoms. The number of nitrogens with zero attached hydrogens (tertiary/aromatic N) is 1. The Morgan fingerprint density at radius 1 is 1.62 bits per heavy atom. The lowest BCUT2D eigenvalue weighted by molar-refractivity contribution is -0.120. The van der Waals surface area contributed by atoms with Crippen LogP contribution in [0.4, 0.5) is 0 Å². The van der Waals surface area contributed by atoms with Gasteiger partial charge < -0.3 is 15.8 Å². The van der Waals surface area contributed by atoms with Crippen molar-refractivity contribution in [1.82, 2.24) is 10.2 Å². The van der Waals surface area contributed by atoms with E-state index >= 15 is 0 Å². The Kier molecular flexibility index (Phi) is 5.73. The molecular weight excluding hydrogens is 206 g/mol. The van der Waals surface area contributed by atoms with Gasteiger partial charge in [-0.1, -0.05) is 6.92 Å². The third-order valence-electron chi connectivity index (χ3n) is 2.86. The number of hydrogen-bond acceptors (Lipinski definition) is 4. The fourth-order valence-electron chi connectivity index (χ4n) is 1.81. The van der Waals surface area contributed by atoms with Gasteiger partial charge in [0.15, 0.2) is 0 Å². The van der Waals surface area contributed by atoms with Gasteiger partial charge in [0.25, 0.3) is 0 Å². The monoisotopic (exact) mass is 229 g/mol. The number of methoxy groups -OCH3 is 1. The summed E-state index contributed by atoms with van der Waals surface area (Å²) in [6, 6.07) is 0.373. The number of carbonyl (C=O) groups excluding carboxylic acids is 1. The second-order valence-electron chi connectivity index (χ2n) is 4.23. The third kappa shape index (κ3) is 4.47. The number of nitrogens with one attached hydrogen (secondary N) is 1. The number of nitrogens with two attached hydrogens (primary N) is 1. The molecule has 3 N–H and O–H groups in total. The number of likely N-dealkylation sites (N-methyl/N-ethyl adjacent to an activating group) is 1. The molecule has 5 heteroatoms. The Labute approximate surface area is 97.3 Å². The maximum Gasteiger partial charge on any atom is 0.235 e. The first-order chi connectivity index (χ1) is 7.69. The van der Waals surface area contributed by atoms with Crippen molar-refractivity contribution in [3.05, 3.63) is 0 Å². The molecule has 1 aliphatic carbocycles. The number of carbonyl (C=O) groups is 1. The van der Waals surface area contributed by atoms with Gasteiger partial charge in [-0.05, 0) is 19.4 Å². The normalized spacial score (nSPS) is 17.7. The lowest BCUT2D eigenvalue weighted by Gasteiger charge is -2.26. The Morgan fingerprint density at radius 3 is 2.75 bits per heavy atom. The first kappa shape index (κ1) is 13.4. The number of hydrogen-bond donors (Lipinski definition) is 2. The molecule has 0 saturated heterocycles. The first-order valence-electron chi connectivity index (χ1n) is 5.94. The van der Waals surface area contributed by atoms with Crippen LogP contribution in [-0.4, -0.2) is 56.2 Å². The fourth-order valence-corrected chi connectivity index (χ4v) is 1.81. The van der Waals surface area contributed by atoms with Crippen LogP contribution in [0, 0.1) is 0 Å². The minimum absolute atomic E-state index is 0.248. The Balaban J connectivity index is 2.40. The van der Waals surface area contributed by atoms with Crippen LogP contribution in [-0.2, 0) is 9.53 Å². The molecule has 1 atom stereocenters.